The number of rotatable bonds is 3. The minimum absolute atomic E-state index is 0.136. The molecule has 0 fully saturated rings. The van der Waals surface area contributed by atoms with E-state index in [0.29, 0.717) is 5.56 Å². The van der Waals surface area contributed by atoms with Gasteiger partial charge in [-0.3, -0.25) is 0 Å². The molecule has 92 valence electrons. The van der Waals surface area contributed by atoms with Crippen molar-refractivity contribution in [3.05, 3.63) is 48.3 Å². The summed E-state index contributed by atoms with van der Waals surface area (Å²) in [6.45, 7) is 0. The molecule has 0 amide bonds. The minimum atomic E-state index is -1.82. The predicted octanol–water partition coefficient (Wildman–Crippen LogP) is 1.18. The first-order valence-corrected chi connectivity index (χ1v) is 5.42. The first-order chi connectivity index (χ1) is 8.61. The van der Waals surface area contributed by atoms with Crippen molar-refractivity contribution in [3.8, 4) is 16.9 Å². The third-order valence-corrected chi connectivity index (χ3v) is 2.70. The summed E-state index contributed by atoms with van der Waals surface area (Å²) in [5.41, 5.74) is 1.42. The van der Waals surface area contributed by atoms with Crippen LogP contribution in [0.4, 0.5) is 4.39 Å². The molecule has 2 N–H and O–H groups in total. The van der Waals surface area contributed by atoms with Gasteiger partial charge in [-0.05, 0) is 29.3 Å². The van der Waals surface area contributed by atoms with Crippen molar-refractivity contribution in [1.29, 1.82) is 0 Å². The highest BCUT2D eigenvalue weighted by molar-refractivity contribution is 6.58. The fourth-order valence-corrected chi connectivity index (χ4v) is 1.70. The molecule has 0 aliphatic heterocycles. The highest BCUT2D eigenvalue weighted by Gasteiger charge is 2.17. The molecular formula is C13H12BFO3. The minimum Gasteiger partial charge on any atom is -0.497 e. The van der Waals surface area contributed by atoms with Gasteiger partial charge in [0.1, 0.15) is 11.6 Å². The Labute approximate surface area is 105 Å². The maximum atomic E-state index is 13.3. The summed E-state index contributed by atoms with van der Waals surface area (Å²) in [5, 5.41) is 18.1. The van der Waals surface area contributed by atoms with Crippen LogP contribution in [0.25, 0.3) is 11.1 Å². The molecule has 18 heavy (non-hydrogen) atoms. The van der Waals surface area contributed by atoms with E-state index in [1.165, 1.54) is 12.1 Å². The van der Waals surface area contributed by atoms with Crippen LogP contribution in [0.15, 0.2) is 42.5 Å². The summed E-state index contributed by atoms with van der Waals surface area (Å²) in [6, 6.07) is 11.4. The second-order valence-electron chi connectivity index (χ2n) is 3.84. The molecule has 2 aromatic carbocycles. The molecular weight excluding hydrogens is 234 g/mol. The van der Waals surface area contributed by atoms with Crippen LogP contribution in [-0.2, 0) is 0 Å². The van der Waals surface area contributed by atoms with Gasteiger partial charge in [0, 0.05) is 5.46 Å². The average Bonchev–Trinajstić information content (AvgIpc) is 2.39. The average molecular weight is 246 g/mol. The summed E-state index contributed by atoms with van der Waals surface area (Å²) < 4.78 is 18.4. The van der Waals surface area contributed by atoms with Gasteiger partial charge in [-0.2, -0.15) is 0 Å². The lowest BCUT2D eigenvalue weighted by Crippen LogP contribution is -2.32. The third-order valence-electron chi connectivity index (χ3n) is 2.70. The molecule has 5 heteroatoms. The number of hydrogen-bond acceptors (Lipinski definition) is 3. The van der Waals surface area contributed by atoms with Crippen LogP contribution in [0.5, 0.6) is 5.75 Å². The standard InChI is InChI=1S/C13H12BFO3/c1-18-11-5-2-9(3-6-11)10-4-7-13(15)12(8-10)14(16)17/h2-8,16-17H,1H3. The topological polar surface area (TPSA) is 49.7 Å². The number of benzene rings is 2. The molecule has 0 heterocycles. The highest BCUT2D eigenvalue weighted by atomic mass is 19.1. The fraction of sp³-hybridized carbons (Fsp3) is 0.0769. The zero-order chi connectivity index (χ0) is 13.1. The van der Waals surface area contributed by atoms with Gasteiger partial charge in [0.2, 0.25) is 0 Å². The van der Waals surface area contributed by atoms with Crippen LogP contribution < -0.4 is 10.2 Å². The van der Waals surface area contributed by atoms with Crippen LogP contribution in [-0.4, -0.2) is 24.3 Å². The van der Waals surface area contributed by atoms with Gasteiger partial charge < -0.3 is 14.8 Å². The first-order valence-electron chi connectivity index (χ1n) is 5.42. The number of halogens is 1. The Morgan fingerprint density at radius 1 is 1.00 bits per heavy atom. The van der Waals surface area contributed by atoms with E-state index in [9.17, 15) is 4.39 Å². The lowest BCUT2D eigenvalue weighted by Gasteiger charge is -2.07. The molecule has 0 spiro atoms. The fourth-order valence-electron chi connectivity index (χ4n) is 1.70. The van der Waals surface area contributed by atoms with E-state index in [1.807, 2.05) is 12.1 Å². The number of methoxy groups -OCH3 is 1. The van der Waals surface area contributed by atoms with Crippen LogP contribution in [0.1, 0.15) is 0 Å². The van der Waals surface area contributed by atoms with Crippen molar-refractivity contribution in [2.45, 2.75) is 0 Å². The summed E-state index contributed by atoms with van der Waals surface area (Å²) in [6.07, 6.45) is 0. The Kier molecular flexibility index (Phi) is 3.65. The van der Waals surface area contributed by atoms with Crippen molar-refractivity contribution < 1.29 is 19.2 Å². The van der Waals surface area contributed by atoms with E-state index in [2.05, 4.69) is 0 Å². The first kappa shape index (κ1) is 12.6. The van der Waals surface area contributed by atoms with E-state index in [-0.39, 0.29) is 5.46 Å². The highest BCUT2D eigenvalue weighted by Crippen LogP contribution is 2.21. The molecule has 2 rings (SSSR count). The van der Waals surface area contributed by atoms with Gasteiger partial charge in [-0.1, -0.05) is 24.3 Å². The second kappa shape index (κ2) is 5.20. The molecule has 0 saturated heterocycles. The quantitative estimate of drug-likeness (QED) is 0.799. The SMILES string of the molecule is COc1ccc(-c2ccc(F)c(B(O)O)c2)cc1. The van der Waals surface area contributed by atoms with Gasteiger partial charge in [0.05, 0.1) is 7.11 Å². The molecule has 0 bridgehead atoms. The molecule has 0 unspecified atom stereocenters. The van der Waals surface area contributed by atoms with Crippen molar-refractivity contribution in [1.82, 2.24) is 0 Å². The molecule has 0 saturated carbocycles. The summed E-state index contributed by atoms with van der Waals surface area (Å²) in [5.74, 6) is 0.0885. The van der Waals surface area contributed by atoms with Crippen LogP contribution in [0, 0.1) is 5.82 Å². The molecule has 3 nitrogen and oxygen atoms in total. The van der Waals surface area contributed by atoms with E-state index in [1.54, 1.807) is 25.3 Å². The van der Waals surface area contributed by atoms with Gasteiger partial charge in [0.25, 0.3) is 0 Å². The lowest BCUT2D eigenvalue weighted by atomic mass is 9.78. The van der Waals surface area contributed by atoms with E-state index in [0.717, 1.165) is 11.3 Å². The Morgan fingerprint density at radius 3 is 2.17 bits per heavy atom. The summed E-state index contributed by atoms with van der Waals surface area (Å²) in [4.78, 5) is 0. The zero-order valence-corrected chi connectivity index (χ0v) is 9.80. The van der Waals surface area contributed by atoms with Crippen molar-refractivity contribution in [3.63, 3.8) is 0 Å². The molecule has 0 aliphatic rings. The maximum absolute atomic E-state index is 13.3. The van der Waals surface area contributed by atoms with Gasteiger partial charge in [-0.25, -0.2) is 4.39 Å². The third kappa shape index (κ3) is 2.52. The second-order valence-corrected chi connectivity index (χ2v) is 3.84. The van der Waals surface area contributed by atoms with Gasteiger partial charge >= 0.3 is 7.12 Å². The summed E-state index contributed by atoms with van der Waals surface area (Å²) in [7, 11) is -0.240. The summed E-state index contributed by atoms with van der Waals surface area (Å²) >= 11 is 0. The smallest absolute Gasteiger partial charge is 0.491 e. The number of ether oxygens (including phenoxy) is 1. The monoisotopic (exact) mass is 246 g/mol. The molecule has 0 atom stereocenters. The van der Waals surface area contributed by atoms with Crippen molar-refractivity contribution in [2.75, 3.05) is 7.11 Å². The Balaban J connectivity index is 2.41. The number of hydrogen-bond donors (Lipinski definition) is 2. The van der Waals surface area contributed by atoms with Crippen LogP contribution in [0.2, 0.25) is 0 Å². The lowest BCUT2D eigenvalue weighted by molar-refractivity contribution is 0.415. The van der Waals surface area contributed by atoms with Gasteiger partial charge in [0.15, 0.2) is 0 Å². The molecule has 0 aromatic heterocycles. The molecule has 0 radical (unpaired) electrons. The van der Waals surface area contributed by atoms with Gasteiger partial charge in [-0.15, -0.1) is 0 Å². The zero-order valence-electron chi connectivity index (χ0n) is 9.80. The van der Waals surface area contributed by atoms with Crippen molar-refractivity contribution in [2.24, 2.45) is 0 Å². The van der Waals surface area contributed by atoms with E-state index >= 15 is 0 Å². The normalized spacial score (nSPS) is 10.2. The van der Waals surface area contributed by atoms with Crippen molar-refractivity contribution >= 4 is 12.6 Å². The Bertz CT molecular complexity index is 540. The molecule has 0 aliphatic carbocycles. The van der Waals surface area contributed by atoms with Crippen LogP contribution >= 0.6 is 0 Å². The van der Waals surface area contributed by atoms with Crippen LogP contribution in [0.3, 0.4) is 0 Å². The largest absolute Gasteiger partial charge is 0.497 e. The molecule has 2 aromatic rings. The predicted molar refractivity (Wildman–Crippen MR) is 68.2 cm³/mol. The van der Waals surface area contributed by atoms with E-state index in [4.69, 9.17) is 14.8 Å². The maximum Gasteiger partial charge on any atom is 0.491 e. The Hall–Kier alpha value is -1.85. The van der Waals surface area contributed by atoms with E-state index < -0.39 is 12.9 Å². The Morgan fingerprint density at radius 2 is 1.61 bits per heavy atom.